The zero-order valence-electron chi connectivity index (χ0n) is 6.04. The lowest BCUT2D eigenvalue weighted by Crippen LogP contribution is -1.83. The van der Waals surface area contributed by atoms with Crippen molar-refractivity contribution in [1.29, 1.82) is 0 Å². The SMILES string of the molecule is Nc1cccc(/N=N/[N+](=O)[O-])c1. The molecule has 12 heavy (non-hydrogen) atoms. The van der Waals surface area contributed by atoms with Crippen LogP contribution in [0.2, 0.25) is 0 Å². The number of rotatable bonds is 2. The van der Waals surface area contributed by atoms with Crippen LogP contribution in [0.5, 0.6) is 0 Å². The zero-order chi connectivity index (χ0) is 8.97. The molecule has 0 amide bonds. The molecule has 0 aliphatic carbocycles. The van der Waals surface area contributed by atoms with Gasteiger partial charge in [-0.2, -0.15) is 0 Å². The average molecular weight is 166 g/mol. The van der Waals surface area contributed by atoms with Gasteiger partial charge >= 0.3 is 0 Å². The van der Waals surface area contributed by atoms with Gasteiger partial charge < -0.3 is 15.8 Å². The van der Waals surface area contributed by atoms with Crippen molar-refractivity contribution in [2.75, 3.05) is 5.73 Å². The Bertz CT molecular complexity index is 323. The molecule has 1 aromatic rings. The number of nitrogen functional groups attached to an aromatic ring is 1. The Morgan fingerprint density at radius 1 is 1.50 bits per heavy atom. The molecular weight excluding hydrogens is 160 g/mol. The Hall–Kier alpha value is -1.98. The van der Waals surface area contributed by atoms with Gasteiger partial charge in [0.15, 0.2) is 5.22 Å². The first-order valence-corrected chi connectivity index (χ1v) is 3.10. The Morgan fingerprint density at radius 2 is 2.25 bits per heavy atom. The topological polar surface area (TPSA) is 93.9 Å². The van der Waals surface area contributed by atoms with Crippen molar-refractivity contribution in [3.8, 4) is 0 Å². The first kappa shape index (κ1) is 8.12. The summed E-state index contributed by atoms with van der Waals surface area (Å²) in [5, 5.41) is 14.9. The largest absolute Gasteiger partial charge is 0.399 e. The molecule has 0 fully saturated rings. The van der Waals surface area contributed by atoms with Crippen LogP contribution < -0.4 is 5.73 Å². The molecule has 6 heteroatoms. The number of hydrogen-bond donors (Lipinski definition) is 1. The molecule has 0 unspecified atom stereocenters. The maximum absolute atomic E-state index is 9.77. The predicted molar refractivity (Wildman–Crippen MR) is 42.4 cm³/mol. The van der Waals surface area contributed by atoms with Crippen LogP contribution in [0.25, 0.3) is 0 Å². The Kier molecular flexibility index (Phi) is 2.32. The van der Waals surface area contributed by atoms with Crippen molar-refractivity contribution in [3.05, 3.63) is 34.4 Å². The molecule has 0 heterocycles. The molecule has 62 valence electrons. The highest BCUT2D eigenvalue weighted by Gasteiger charge is 1.96. The van der Waals surface area contributed by atoms with Crippen molar-refractivity contribution in [2.24, 2.45) is 10.3 Å². The molecule has 1 aromatic carbocycles. The van der Waals surface area contributed by atoms with Crippen LogP contribution in [-0.4, -0.2) is 5.03 Å². The standard InChI is InChI=1S/C6H6N4O2/c7-5-2-1-3-6(4-5)8-9-10(11)12/h1-4H,7H2/b9-8+. The third-order valence-electron chi connectivity index (χ3n) is 1.10. The minimum absolute atomic E-state index is 0.367. The van der Waals surface area contributed by atoms with E-state index in [1.807, 2.05) is 0 Å². The number of nitro groups is 1. The third kappa shape index (κ3) is 2.33. The third-order valence-corrected chi connectivity index (χ3v) is 1.10. The molecule has 0 spiro atoms. The van der Waals surface area contributed by atoms with Gasteiger partial charge in [0.1, 0.15) is 0 Å². The monoisotopic (exact) mass is 166 g/mol. The highest BCUT2D eigenvalue weighted by molar-refractivity contribution is 5.49. The van der Waals surface area contributed by atoms with Crippen LogP contribution in [0.15, 0.2) is 34.6 Å². The molecule has 0 saturated carbocycles. The molecule has 0 saturated heterocycles. The highest BCUT2D eigenvalue weighted by atomic mass is 16.7. The molecule has 6 nitrogen and oxygen atoms in total. The van der Waals surface area contributed by atoms with Crippen LogP contribution >= 0.6 is 0 Å². The summed E-state index contributed by atoms with van der Waals surface area (Å²) in [4.78, 5) is 9.77. The molecule has 0 aromatic heterocycles. The molecule has 2 N–H and O–H groups in total. The van der Waals surface area contributed by atoms with Gasteiger partial charge in [-0.15, -0.1) is 0 Å². The summed E-state index contributed by atoms with van der Waals surface area (Å²) < 4.78 is 0. The molecule has 0 radical (unpaired) electrons. The second-order valence-electron chi connectivity index (χ2n) is 2.02. The summed E-state index contributed by atoms with van der Waals surface area (Å²) in [6.45, 7) is 0. The first-order valence-electron chi connectivity index (χ1n) is 3.10. The quantitative estimate of drug-likeness (QED) is 0.312. The van der Waals surface area contributed by atoms with Gasteiger partial charge in [0.2, 0.25) is 5.69 Å². The van der Waals surface area contributed by atoms with Gasteiger partial charge in [-0.3, -0.25) is 0 Å². The normalized spacial score (nSPS) is 10.3. The zero-order valence-corrected chi connectivity index (χ0v) is 6.04. The van der Waals surface area contributed by atoms with Crippen LogP contribution in [-0.2, 0) is 0 Å². The number of hydrogen-bond acceptors (Lipinski definition) is 4. The number of nitrogens with zero attached hydrogens (tertiary/aromatic N) is 3. The van der Waals surface area contributed by atoms with Crippen molar-refractivity contribution in [1.82, 2.24) is 0 Å². The molecule has 0 bridgehead atoms. The fourth-order valence-corrected chi connectivity index (χ4v) is 0.675. The van der Waals surface area contributed by atoms with E-state index < -0.39 is 5.03 Å². The molecule has 1 rings (SSSR count). The second kappa shape index (κ2) is 3.42. The predicted octanol–water partition coefficient (Wildman–Crippen LogP) is 1.54. The van der Waals surface area contributed by atoms with Crippen LogP contribution in [0.4, 0.5) is 11.4 Å². The van der Waals surface area contributed by atoms with Crippen molar-refractivity contribution >= 4 is 11.4 Å². The molecule has 0 aliphatic rings. The van der Waals surface area contributed by atoms with E-state index >= 15 is 0 Å². The summed E-state index contributed by atoms with van der Waals surface area (Å²) in [7, 11) is 0. The second-order valence-corrected chi connectivity index (χ2v) is 2.02. The smallest absolute Gasteiger partial charge is 0.205 e. The summed E-state index contributed by atoms with van der Waals surface area (Å²) in [6.07, 6.45) is 0. The maximum atomic E-state index is 9.77. The number of anilines is 1. The van der Waals surface area contributed by atoms with Gasteiger partial charge in [-0.05, 0) is 12.1 Å². The van der Waals surface area contributed by atoms with E-state index in [1.165, 1.54) is 6.07 Å². The van der Waals surface area contributed by atoms with Gasteiger partial charge in [-0.1, -0.05) is 6.07 Å². The highest BCUT2D eigenvalue weighted by Crippen LogP contribution is 2.15. The fourth-order valence-electron chi connectivity index (χ4n) is 0.675. The van der Waals surface area contributed by atoms with Gasteiger partial charge in [0.05, 0.1) is 10.1 Å². The van der Waals surface area contributed by atoms with Crippen LogP contribution in [0.1, 0.15) is 0 Å². The van der Waals surface area contributed by atoms with Gasteiger partial charge in [0.25, 0.3) is 0 Å². The number of benzene rings is 1. The minimum Gasteiger partial charge on any atom is -0.399 e. The molecular formula is C6H6N4O2. The lowest BCUT2D eigenvalue weighted by Gasteiger charge is -1.87. The van der Waals surface area contributed by atoms with E-state index in [0.717, 1.165) is 0 Å². The Balaban J connectivity index is 2.83. The van der Waals surface area contributed by atoms with Crippen molar-refractivity contribution in [3.63, 3.8) is 0 Å². The summed E-state index contributed by atoms with van der Waals surface area (Å²) in [5.41, 5.74) is 6.26. The maximum Gasteiger partial charge on any atom is 0.205 e. The van der Waals surface area contributed by atoms with Crippen LogP contribution in [0.3, 0.4) is 0 Å². The van der Waals surface area contributed by atoms with E-state index in [2.05, 4.69) is 10.3 Å². The molecule has 0 atom stereocenters. The Morgan fingerprint density at radius 3 is 2.83 bits per heavy atom. The minimum atomic E-state index is -0.872. The summed E-state index contributed by atoms with van der Waals surface area (Å²) >= 11 is 0. The average Bonchev–Trinajstić information content (AvgIpc) is 2.01. The van der Waals surface area contributed by atoms with Gasteiger partial charge in [-0.25, -0.2) is 0 Å². The van der Waals surface area contributed by atoms with Gasteiger partial charge in [0, 0.05) is 11.8 Å². The summed E-state index contributed by atoms with van der Waals surface area (Å²) in [6, 6.07) is 6.37. The van der Waals surface area contributed by atoms with E-state index in [9.17, 15) is 10.1 Å². The Labute approximate surface area is 67.8 Å². The summed E-state index contributed by atoms with van der Waals surface area (Å²) in [5.74, 6) is 0. The van der Waals surface area contributed by atoms with E-state index in [4.69, 9.17) is 5.73 Å². The van der Waals surface area contributed by atoms with E-state index in [1.54, 1.807) is 18.2 Å². The van der Waals surface area contributed by atoms with Crippen molar-refractivity contribution < 1.29 is 5.03 Å². The first-order chi connectivity index (χ1) is 5.68. The fraction of sp³-hybridized carbons (Fsp3) is 0. The molecule has 0 aliphatic heterocycles. The lowest BCUT2D eigenvalue weighted by atomic mass is 10.3. The van der Waals surface area contributed by atoms with E-state index in [0.29, 0.717) is 11.4 Å². The number of nitrogens with two attached hydrogens (primary N) is 1. The lowest BCUT2D eigenvalue weighted by molar-refractivity contribution is -0.493. The van der Waals surface area contributed by atoms with Crippen molar-refractivity contribution in [2.45, 2.75) is 0 Å². The van der Waals surface area contributed by atoms with E-state index in [-0.39, 0.29) is 0 Å². The van der Waals surface area contributed by atoms with Crippen LogP contribution in [0, 0.1) is 10.1 Å².